The Labute approximate surface area is 222 Å². The second-order valence-corrected chi connectivity index (χ2v) is 12.1. The fourth-order valence-electron chi connectivity index (χ4n) is 6.66. The molecular weight excluding hydrogens is 492 g/mol. The Kier molecular flexibility index (Phi) is 8.09. The Hall–Kier alpha value is -2.14. The van der Waals surface area contributed by atoms with E-state index in [2.05, 4.69) is 15.5 Å². The topological polar surface area (TPSA) is 111 Å². The molecule has 1 aromatic rings. The monoisotopic (exact) mass is 530 g/mol. The highest BCUT2D eigenvalue weighted by Gasteiger charge is 2.74. The maximum Gasteiger partial charge on any atom is 0.244 e. The second kappa shape index (κ2) is 11.3. The largest absolute Gasteiger partial charge is 0.394 e. The lowest BCUT2D eigenvalue weighted by Gasteiger charge is -2.37. The first-order chi connectivity index (χ1) is 18.0. The van der Waals surface area contributed by atoms with Gasteiger partial charge < -0.3 is 25.4 Å². The first kappa shape index (κ1) is 26.5. The van der Waals surface area contributed by atoms with E-state index in [0.29, 0.717) is 32.7 Å². The summed E-state index contributed by atoms with van der Waals surface area (Å²) >= 11 is 1.66. The van der Waals surface area contributed by atoms with E-state index in [0.717, 1.165) is 38.0 Å². The number of rotatable bonds is 10. The Bertz CT molecular complexity index is 986. The van der Waals surface area contributed by atoms with Gasteiger partial charge in [-0.15, -0.1) is 11.8 Å². The molecular formula is C27H38N4O5S. The summed E-state index contributed by atoms with van der Waals surface area (Å²) in [5.74, 6) is -1.48. The van der Waals surface area contributed by atoms with E-state index >= 15 is 0 Å². The van der Waals surface area contributed by atoms with E-state index in [1.807, 2.05) is 37.3 Å². The predicted octanol–water partition coefficient (Wildman–Crippen LogP) is 0.613. The molecule has 9 nitrogen and oxygen atoms in total. The van der Waals surface area contributed by atoms with Crippen LogP contribution in [0.3, 0.4) is 0 Å². The van der Waals surface area contributed by atoms with Crippen LogP contribution >= 0.6 is 11.8 Å². The second-order valence-electron chi connectivity index (χ2n) is 10.5. The molecule has 2 bridgehead atoms. The average molecular weight is 531 g/mol. The van der Waals surface area contributed by atoms with Crippen molar-refractivity contribution in [3.05, 3.63) is 35.9 Å². The van der Waals surface area contributed by atoms with Crippen molar-refractivity contribution >= 4 is 29.5 Å². The predicted molar refractivity (Wildman–Crippen MR) is 141 cm³/mol. The number of hydrogen-bond donors (Lipinski definition) is 3. The van der Waals surface area contributed by atoms with Crippen LogP contribution in [-0.4, -0.2) is 101 Å². The number of aliphatic hydroxyl groups excluding tert-OH is 1. The Morgan fingerprint density at radius 1 is 1.19 bits per heavy atom. The van der Waals surface area contributed by atoms with E-state index in [1.165, 1.54) is 0 Å². The molecule has 0 saturated carbocycles. The molecule has 0 aliphatic carbocycles. The van der Waals surface area contributed by atoms with Crippen molar-refractivity contribution in [1.29, 1.82) is 0 Å². The van der Waals surface area contributed by atoms with E-state index in [9.17, 15) is 19.5 Å². The molecule has 4 fully saturated rings. The molecule has 6 atom stereocenters. The smallest absolute Gasteiger partial charge is 0.244 e. The van der Waals surface area contributed by atoms with Crippen LogP contribution in [0, 0.1) is 11.8 Å². The number of aliphatic hydroxyl groups is 1. The molecule has 4 saturated heterocycles. The summed E-state index contributed by atoms with van der Waals surface area (Å²) in [6, 6.07) is 8.59. The number of hydrogen-bond acceptors (Lipinski definition) is 7. The van der Waals surface area contributed by atoms with Crippen molar-refractivity contribution < 1.29 is 24.2 Å². The zero-order chi connectivity index (χ0) is 26.0. The molecule has 4 aliphatic rings. The molecule has 1 spiro atoms. The van der Waals surface area contributed by atoms with Crippen molar-refractivity contribution in [2.45, 2.75) is 54.8 Å². The first-order valence-electron chi connectivity index (χ1n) is 13.5. The number of ether oxygens (including phenoxy) is 1. The van der Waals surface area contributed by atoms with Crippen molar-refractivity contribution in [2.75, 3.05) is 46.0 Å². The van der Waals surface area contributed by atoms with Crippen LogP contribution in [0.25, 0.3) is 0 Å². The minimum absolute atomic E-state index is 0.0183. The van der Waals surface area contributed by atoms with Crippen LogP contribution in [0.5, 0.6) is 0 Å². The normalized spacial score (nSPS) is 31.8. The van der Waals surface area contributed by atoms with Gasteiger partial charge in [0.05, 0.1) is 42.4 Å². The summed E-state index contributed by atoms with van der Waals surface area (Å²) in [5.41, 5.74) is 1.00. The highest BCUT2D eigenvalue weighted by molar-refractivity contribution is 8.02. The first-order valence-corrected chi connectivity index (χ1v) is 14.4. The lowest BCUT2D eigenvalue weighted by atomic mass is 9.70. The van der Waals surface area contributed by atoms with Crippen LogP contribution in [0.2, 0.25) is 0 Å². The SMILES string of the molecule is CC[C@@H](CO)N1C(=O)[C@@H]2[C@H](C(=O)NCc3ccccc3)[C@@H]3CCC2(S3)C1C(=O)NCCN1CCOCC1. The molecule has 202 valence electrons. The standard InChI is InChI=1S/C27H38N4O5S/c1-2-19(17-32)31-23(25(34)28-10-11-30-12-14-36-15-13-30)27-9-8-20(37-27)21(22(27)26(31)35)24(33)29-16-18-6-4-3-5-7-18/h3-7,19-23,32H,2,8-17H2,1H3,(H,28,34)(H,29,33)/t19-,20-,21+,22-,23?,27?/m0/s1. The fourth-order valence-corrected chi connectivity index (χ4v) is 8.87. The number of amides is 3. The van der Waals surface area contributed by atoms with Gasteiger partial charge in [0.1, 0.15) is 6.04 Å². The zero-order valence-corrected chi connectivity index (χ0v) is 22.3. The highest BCUT2D eigenvalue weighted by atomic mass is 32.2. The van der Waals surface area contributed by atoms with E-state index in [4.69, 9.17) is 4.74 Å². The van der Waals surface area contributed by atoms with Gasteiger partial charge in [-0.05, 0) is 24.8 Å². The van der Waals surface area contributed by atoms with Gasteiger partial charge in [0.2, 0.25) is 17.7 Å². The third-order valence-electron chi connectivity index (χ3n) is 8.51. The fraction of sp³-hybridized carbons (Fsp3) is 0.667. The van der Waals surface area contributed by atoms with Gasteiger partial charge in [0.15, 0.2) is 0 Å². The van der Waals surface area contributed by atoms with Gasteiger partial charge in [-0.2, -0.15) is 0 Å². The summed E-state index contributed by atoms with van der Waals surface area (Å²) in [5, 5.41) is 16.3. The number of fused-ring (bicyclic) bond motifs is 1. The minimum atomic E-state index is -0.686. The molecule has 4 heterocycles. The number of morpholine rings is 1. The Morgan fingerprint density at radius 2 is 1.95 bits per heavy atom. The van der Waals surface area contributed by atoms with Gasteiger partial charge >= 0.3 is 0 Å². The maximum absolute atomic E-state index is 14.0. The highest BCUT2D eigenvalue weighted by Crippen LogP contribution is 2.66. The van der Waals surface area contributed by atoms with Crippen LogP contribution in [-0.2, 0) is 25.7 Å². The number of carbonyl (C=O) groups is 3. The molecule has 10 heteroatoms. The Balaban J connectivity index is 1.34. The van der Waals surface area contributed by atoms with Gasteiger partial charge in [-0.25, -0.2) is 0 Å². The van der Waals surface area contributed by atoms with E-state index in [1.54, 1.807) is 16.7 Å². The number of likely N-dealkylation sites (tertiary alicyclic amines) is 1. The lowest BCUT2D eigenvalue weighted by Crippen LogP contribution is -2.57. The number of carbonyl (C=O) groups excluding carboxylic acids is 3. The van der Waals surface area contributed by atoms with Gasteiger partial charge in [0, 0.05) is 38.0 Å². The molecule has 37 heavy (non-hydrogen) atoms. The van der Waals surface area contributed by atoms with Crippen LogP contribution in [0.4, 0.5) is 0 Å². The molecule has 1 aromatic carbocycles. The van der Waals surface area contributed by atoms with Crippen molar-refractivity contribution in [3.8, 4) is 0 Å². The summed E-state index contributed by atoms with van der Waals surface area (Å²) in [7, 11) is 0. The molecule has 0 aromatic heterocycles. The molecule has 3 amide bonds. The molecule has 3 N–H and O–H groups in total. The Morgan fingerprint density at radius 3 is 2.65 bits per heavy atom. The van der Waals surface area contributed by atoms with Gasteiger partial charge in [-0.3, -0.25) is 19.3 Å². The average Bonchev–Trinajstić information content (AvgIpc) is 3.57. The minimum Gasteiger partial charge on any atom is -0.394 e. The van der Waals surface area contributed by atoms with Crippen LogP contribution in [0.15, 0.2) is 30.3 Å². The molecule has 4 aliphatic heterocycles. The van der Waals surface area contributed by atoms with Gasteiger partial charge in [0.25, 0.3) is 0 Å². The van der Waals surface area contributed by atoms with Crippen LogP contribution < -0.4 is 10.6 Å². The summed E-state index contributed by atoms with van der Waals surface area (Å²) in [6.45, 7) is 6.42. The maximum atomic E-state index is 14.0. The lowest BCUT2D eigenvalue weighted by molar-refractivity contribution is -0.142. The molecule has 0 radical (unpaired) electrons. The van der Waals surface area contributed by atoms with Crippen molar-refractivity contribution in [3.63, 3.8) is 0 Å². The number of nitrogens with zero attached hydrogens (tertiary/aromatic N) is 2. The molecule has 5 rings (SSSR count). The van der Waals surface area contributed by atoms with Crippen molar-refractivity contribution in [1.82, 2.24) is 20.4 Å². The zero-order valence-electron chi connectivity index (χ0n) is 21.4. The summed E-state index contributed by atoms with van der Waals surface area (Å²) in [4.78, 5) is 45.1. The molecule has 2 unspecified atom stereocenters. The van der Waals surface area contributed by atoms with E-state index in [-0.39, 0.29) is 29.6 Å². The van der Waals surface area contributed by atoms with Crippen molar-refractivity contribution in [2.24, 2.45) is 11.8 Å². The quantitative estimate of drug-likeness (QED) is 0.407. The summed E-state index contributed by atoms with van der Waals surface area (Å²) < 4.78 is 4.77. The van der Waals surface area contributed by atoms with Crippen LogP contribution in [0.1, 0.15) is 31.7 Å². The number of benzene rings is 1. The van der Waals surface area contributed by atoms with E-state index < -0.39 is 28.7 Å². The summed E-state index contributed by atoms with van der Waals surface area (Å²) in [6.07, 6.45) is 2.07. The third-order valence-corrected chi connectivity index (χ3v) is 10.5. The third kappa shape index (κ3) is 4.89. The number of nitrogens with one attached hydrogen (secondary N) is 2. The van der Waals surface area contributed by atoms with Gasteiger partial charge in [-0.1, -0.05) is 37.3 Å². The number of thioether (sulfide) groups is 1.